The van der Waals surface area contributed by atoms with Crippen LogP contribution in [0, 0.1) is 0 Å². The van der Waals surface area contributed by atoms with Gasteiger partial charge in [0.1, 0.15) is 5.75 Å². The second-order valence-electron chi connectivity index (χ2n) is 4.28. The van der Waals surface area contributed by atoms with Crippen molar-refractivity contribution in [1.82, 2.24) is 0 Å². The van der Waals surface area contributed by atoms with Crippen molar-refractivity contribution in [2.75, 3.05) is 21.3 Å². The van der Waals surface area contributed by atoms with Crippen LogP contribution in [0.3, 0.4) is 0 Å². The van der Waals surface area contributed by atoms with E-state index in [2.05, 4.69) is 0 Å². The van der Waals surface area contributed by atoms with Crippen molar-refractivity contribution in [3.8, 4) is 28.4 Å². The van der Waals surface area contributed by atoms with Gasteiger partial charge < -0.3 is 19.9 Å². The second kappa shape index (κ2) is 6.30. The molecule has 2 rings (SSSR count). The Kier molecular flexibility index (Phi) is 4.48. The van der Waals surface area contributed by atoms with Gasteiger partial charge in [-0.2, -0.15) is 0 Å². The van der Waals surface area contributed by atoms with Crippen molar-refractivity contribution in [1.29, 1.82) is 0 Å². The summed E-state index contributed by atoms with van der Waals surface area (Å²) in [6.07, 6.45) is 0. The fourth-order valence-electron chi connectivity index (χ4n) is 2.21. The van der Waals surface area contributed by atoms with Crippen molar-refractivity contribution < 1.29 is 14.2 Å². The minimum Gasteiger partial charge on any atom is -0.496 e. The molecule has 20 heavy (non-hydrogen) atoms. The van der Waals surface area contributed by atoms with Gasteiger partial charge in [-0.1, -0.05) is 18.2 Å². The van der Waals surface area contributed by atoms with Crippen LogP contribution >= 0.6 is 0 Å². The van der Waals surface area contributed by atoms with Gasteiger partial charge in [0.25, 0.3) is 0 Å². The molecule has 0 aliphatic rings. The average molecular weight is 273 g/mol. The van der Waals surface area contributed by atoms with Gasteiger partial charge in [0.05, 0.1) is 21.3 Å². The fourth-order valence-corrected chi connectivity index (χ4v) is 2.21. The zero-order valence-corrected chi connectivity index (χ0v) is 12.0. The van der Waals surface area contributed by atoms with Crippen molar-refractivity contribution in [3.05, 3.63) is 42.0 Å². The Morgan fingerprint density at radius 2 is 1.55 bits per heavy atom. The highest BCUT2D eigenvalue weighted by molar-refractivity contribution is 5.79. The third kappa shape index (κ3) is 2.56. The molecule has 0 fully saturated rings. The summed E-state index contributed by atoms with van der Waals surface area (Å²) >= 11 is 0. The molecule has 0 atom stereocenters. The fraction of sp³-hybridized carbons (Fsp3) is 0.250. The van der Waals surface area contributed by atoms with Gasteiger partial charge in [-0.05, 0) is 23.8 Å². The number of para-hydroxylation sites is 1. The van der Waals surface area contributed by atoms with Crippen molar-refractivity contribution in [2.45, 2.75) is 6.54 Å². The Hall–Kier alpha value is -2.20. The van der Waals surface area contributed by atoms with Gasteiger partial charge in [0, 0.05) is 17.7 Å². The van der Waals surface area contributed by atoms with Crippen LogP contribution in [-0.4, -0.2) is 21.3 Å². The first-order chi connectivity index (χ1) is 9.74. The summed E-state index contributed by atoms with van der Waals surface area (Å²) in [6, 6.07) is 11.7. The lowest BCUT2D eigenvalue weighted by Crippen LogP contribution is -2.01. The number of hydrogen-bond acceptors (Lipinski definition) is 4. The van der Waals surface area contributed by atoms with Crippen molar-refractivity contribution in [2.24, 2.45) is 5.73 Å². The van der Waals surface area contributed by atoms with Crippen LogP contribution in [0.5, 0.6) is 17.2 Å². The summed E-state index contributed by atoms with van der Waals surface area (Å²) in [7, 11) is 4.89. The van der Waals surface area contributed by atoms with E-state index in [1.807, 2.05) is 36.4 Å². The Balaban J connectivity index is 2.71. The number of nitrogens with two attached hydrogens (primary N) is 1. The molecule has 0 spiro atoms. The molecule has 0 amide bonds. The normalized spacial score (nSPS) is 10.2. The molecule has 0 aromatic heterocycles. The number of ether oxygens (including phenoxy) is 3. The van der Waals surface area contributed by atoms with Gasteiger partial charge in [0.2, 0.25) is 0 Å². The Bertz CT molecular complexity index is 596. The summed E-state index contributed by atoms with van der Waals surface area (Å²) < 4.78 is 16.3. The highest BCUT2D eigenvalue weighted by Crippen LogP contribution is 2.42. The summed E-state index contributed by atoms with van der Waals surface area (Å²) in [5.74, 6) is 2.12. The molecule has 0 aliphatic carbocycles. The number of hydrogen-bond donors (Lipinski definition) is 1. The molecule has 2 aromatic rings. The number of rotatable bonds is 5. The Morgan fingerprint density at radius 1 is 0.850 bits per heavy atom. The van der Waals surface area contributed by atoms with E-state index in [0.717, 1.165) is 22.4 Å². The maximum atomic E-state index is 5.75. The third-order valence-corrected chi connectivity index (χ3v) is 3.17. The molecular formula is C16H19NO3. The van der Waals surface area contributed by atoms with Crippen LogP contribution in [0.2, 0.25) is 0 Å². The van der Waals surface area contributed by atoms with E-state index in [0.29, 0.717) is 18.0 Å². The van der Waals surface area contributed by atoms with E-state index in [-0.39, 0.29) is 0 Å². The number of methoxy groups -OCH3 is 3. The van der Waals surface area contributed by atoms with Gasteiger partial charge >= 0.3 is 0 Å². The lowest BCUT2D eigenvalue weighted by molar-refractivity contribution is 0.355. The van der Waals surface area contributed by atoms with Gasteiger partial charge in [-0.3, -0.25) is 0 Å². The summed E-state index contributed by atoms with van der Waals surface area (Å²) in [4.78, 5) is 0. The molecule has 4 heteroatoms. The summed E-state index contributed by atoms with van der Waals surface area (Å²) in [5, 5.41) is 0. The molecular weight excluding hydrogens is 254 g/mol. The molecule has 0 saturated carbocycles. The van der Waals surface area contributed by atoms with Crippen LogP contribution < -0.4 is 19.9 Å². The summed E-state index contributed by atoms with van der Waals surface area (Å²) in [5.41, 5.74) is 8.58. The predicted octanol–water partition coefficient (Wildman–Crippen LogP) is 2.84. The van der Waals surface area contributed by atoms with E-state index in [9.17, 15) is 0 Å². The standard InChI is InChI=1S/C16H19NO3/c1-18-14-7-5-4-6-12(14)13-8-11(10-17)9-15(19-2)16(13)20-3/h4-9H,10,17H2,1-3H3. The Labute approximate surface area is 119 Å². The molecule has 106 valence electrons. The van der Waals surface area contributed by atoms with Gasteiger partial charge in [0.15, 0.2) is 11.5 Å². The first-order valence-corrected chi connectivity index (χ1v) is 6.33. The van der Waals surface area contributed by atoms with E-state index in [1.165, 1.54) is 0 Å². The molecule has 0 bridgehead atoms. The zero-order chi connectivity index (χ0) is 14.5. The SMILES string of the molecule is COc1ccccc1-c1cc(CN)cc(OC)c1OC. The lowest BCUT2D eigenvalue weighted by Gasteiger charge is -2.16. The van der Waals surface area contributed by atoms with E-state index in [1.54, 1.807) is 21.3 Å². The van der Waals surface area contributed by atoms with Crippen LogP contribution in [0.25, 0.3) is 11.1 Å². The monoisotopic (exact) mass is 273 g/mol. The maximum absolute atomic E-state index is 5.75. The topological polar surface area (TPSA) is 53.7 Å². The van der Waals surface area contributed by atoms with Crippen LogP contribution in [0.1, 0.15) is 5.56 Å². The highest BCUT2D eigenvalue weighted by atomic mass is 16.5. The summed E-state index contributed by atoms with van der Waals surface area (Å²) in [6.45, 7) is 0.433. The van der Waals surface area contributed by atoms with E-state index in [4.69, 9.17) is 19.9 Å². The Morgan fingerprint density at radius 3 is 2.15 bits per heavy atom. The molecule has 0 radical (unpaired) electrons. The molecule has 2 N–H and O–H groups in total. The molecule has 4 nitrogen and oxygen atoms in total. The average Bonchev–Trinajstić information content (AvgIpc) is 2.53. The largest absolute Gasteiger partial charge is 0.496 e. The minimum absolute atomic E-state index is 0.433. The smallest absolute Gasteiger partial charge is 0.168 e. The van der Waals surface area contributed by atoms with Crippen LogP contribution in [0.4, 0.5) is 0 Å². The predicted molar refractivity (Wildman–Crippen MR) is 79.4 cm³/mol. The maximum Gasteiger partial charge on any atom is 0.168 e. The third-order valence-electron chi connectivity index (χ3n) is 3.17. The van der Waals surface area contributed by atoms with Crippen molar-refractivity contribution >= 4 is 0 Å². The molecule has 0 unspecified atom stereocenters. The van der Waals surface area contributed by atoms with Gasteiger partial charge in [-0.25, -0.2) is 0 Å². The first-order valence-electron chi connectivity index (χ1n) is 6.33. The lowest BCUT2D eigenvalue weighted by atomic mass is 10.00. The molecule has 0 heterocycles. The molecule has 0 saturated heterocycles. The first kappa shape index (κ1) is 14.2. The van der Waals surface area contributed by atoms with Crippen LogP contribution in [-0.2, 0) is 6.54 Å². The second-order valence-corrected chi connectivity index (χ2v) is 4.28. The highest BCUT2D eigenvalue weighted by Gasteiger charge is 2.16. The van der Waals surface area contributed by atoms with E-state index >= 15 is 0 Å². The quantitative estimate of drug-likeness (QED) is 0.910. The van der Waals surface area contributed by atoms with E-state index < -0.39 is 0 Å². The number of benzene rings is 2. The van der Waals surface area contributed by atoms with Gasteiger partial charge in [-0.15, -0.1) is 0 Å². The molecule has 0 aliphatic heterocycles. The van der Waals surface area contributed by atoms with Crippen LogP contribution in [0.15, 0.2) is 36.4 Å². The zero-order valence-electron chi connectivity index (χ0n) is 12.0. The molecule has 2 aromatic carbocycles. The van der Waals surface area contributed by atoms with Crippen molar-refractivity contribution in [3.63, 3.8) is 0 Å². The minimum atomic E-state index is 0.433.